The van der Waals surface area contributed by atoms with Crippen molar-refractivity contribution in [2.45, 2.75) is 25.4 Å². The highest BCUT2D eigenvalue weighted by Crippen LogP contribution is 2.18. The Labute approximate surface area is 137 Å². The Morgan fingerprint density at radius 2 is 2.04 bits per heavy atom. The van der Waals surface area contributed by atoms with Gasteiger partial charge >= 0.3 is 6.03 Å². The molecule has 2 N–H and O–H groups in total. The van der Waals surface area contributed by atoms with Crippen molar-refractivity contribution in [2.24, 2.45) is 0 Å². The van der Waals surface area contributed by atoms with E-state index in [-0.39, 0.29) is 18.7 Å². The van der Waals surface area contributed by atoms with Gasteiger partial charge in [0.15, 0.2) is 0 Å². The molecule has 0 saturated heterocycles. The molecule has 1 aromatic heterocycles. The maximum absolute atomic E-state index is 12.4. The normalized spacial score (nSPS) is 11.7. The highest BCUT2D eigenvalue weighted by molar-refractivity contribution is 5.74. The topological polar surface area (TPSA) is 65.5 Å². The Hall–Kier alpha value is -2.40. The zero-order valence-corrected chi connectivity index (χ0v) is 13.4. The lowest BCUT2D eigenvalue weighted by Crippen LogP contribution is -2.39. The van der Waals surface area contributed by atoms with Gasteiger partial charge in [0.1, 0.15) is 0 Å². The van der Waals surface area contributed by atoms with Gasteiger partial charge in [-0.15, -0.1) is 0 Å². The predicted octanol–water partition coefficient (Wildman–Crippen LogP) is 2.74. The average molecular weight is 313 g/mol. The third-order valence-corrected chi connectivity index (χ3v) is 3.64. The molecular formula is C18H23N3O2. The first-order chi connectivity index (χ1) is 11.2. The van der Waals surface area contributed by atoms with Gasteiger partial charge in [-0.05, 0) is 30.0 Å². The van der Waals surface area contributed by atoms with E-state index < -0.39 is 0 Å². The van der Waals surface area contributed by atoms with E-state index in [0.29, 0.717) is 19.4 Å². The quantitative estimate of drug-likeness (QED) is 0.826. The van der Waals surface area contributed by atoms with E-state index >= 15 is 0 Å². The molecule has 0 bridgehead atoms. The van der Waals surface area contributed by atoms with E-state index in [9.17, 15) is 4.79 Å². The second-order valence-corrected chi connectivity index (χ2v) is 5.50. The van der Waals surface area contributed by atoms with Crippen molar-refractivity contribution >= 4 is 6.03 Å². The minimum Gasteiger partial charge on any atom is -0.396 e. The lowest BCUT2D eigenvalue weighted by atomic mass is 10.0. The molecule has 2 amide bonds. The van der Waals surface area contributed by atoms with Crippen LogP contribution in [-0.4, -0.2) is 34.7 Å². The molecule has 0 radical (unpaired) electrons. The molecule has 1 heterocycles. The van der Waals surface area contributed by atoms with Gasteiger partial charge in [0.2, 0.25) is 0 Å². The fourth-order valence-corrected chi connectivity index (χ4v) is 2.40. The van der Waals surface area contributed by atoms with Crippen molar-refractivity contribution in [3.8, 4) is 0 Å². The largest absolute Gasteiger partial charge is 0.396 e. The lowest BCUT2D eigenvalue weighted by Gasteiger charge is -2.24. The van der Waals surface area contributed by atoms with Crippen molar-refractivity contribution in [3.63, 3.8) is 0 Å². The number of benzene rings is 1. The number of carbonyl (C=O) groups is 1. The van der Waals surface area contributed by atoms with Crippen LogP contribution in [0.15, 0.2) is 54.9 Å². The molecule has 5 heteroatoms. The molecule has 2 rings (SSSR count). The molecule has 0 aliphatic carbocycles. The average Bonchev–Trinajstić information content (AvgIpc) is 2.60. The molecule has 0 spiro atoms. The summed E-state index contributed by atoms with van der Waals surface area (Å²) in [5.41, 5.74) is 2.03. The summed E-state index contributed by atoms with van der Waals surface area (Å²) in [6, 6.07) is 13.4. The molecule has 1 unspecified atom stereocenters. The Morgan fingerprint density at radius 3 is 2.70 bits per heavy atom. The number of nitrogens with one attached hydrogen (secondary N) is 1. The molecule has 0 aliphatic rings. The molecule has 5 nitrogen and oxygen atoms in total. The number of aromatic nitrogens is 1. The molecule has 0 fully saturated rings. The molecule has 122 valence electrons. The van der Waals surface area contributed by atoms with Gasteiger partial charge < -0.3 is 15.3 Å². The summed E-state index contributed by atoms with van der Waals surface area (Å²) in [5.74, 6) is 0. The van der Waals surface area contributed by atoms with E-state index in [2.05, 4.69) is 10.3 Å². The monoisotopic (exact) mass is 313 g/mol. The molecular weight excluding hydrogens is 290 g/mol. The summed E-state index contributed by atoms with van der Waals surface area (Å²) in [7, 11) is 1.76. The zero-order chi connectivity index (χ0) is 16.5. The standard InChI is InChI=1S/C18H23N3O2/c1-21(14-15-7-5-11-19-13-15)18(23)20-17(10-6-12-22)16-8-3-2-4-9-16/h2-5,7-9,11,13,17,22H,6,10,12,14H2,1H3,(H,20,23). The van der Waals surface area contributed by atoms with Gasteiger partial charge in [-0.3, -0.25) is 4.98 Å². The van der Waals surface area contributed by atoms with E-state index in [1.807, 2.05) is 42.5 Å². The number of aliphatic hydroxyl groups is 1. The van der Waals surface area contributed by atoms with E-state index in [1.54, 1.807) is 24.3 Å². The van der Waals surface area contributed by atoms with Crippen LogP contribution >= 0.6 is 0 Å². The predicted molar refractivity (Wildman–Crippen MR) is 89.7 cm³/mol. The van der Waals surface area contributed by atoms with E-state index in [0.717, 1.165) is 11.1 Å². The number of carbonyl (C=O) groups excluding carboxylic acids is 1. The Morgan fingerprint density at radius 1 is 1.26 bits per heavy atom. The van der Waals surface area contributed by atoms with Gasteiger partial charge in [-0.25, -0.2) is 4.79 Å². The molecule has 0 saturated carbocycles. The molecule has 23 heavy (non-hydrogen) atoms. The number of nitrogens with zero attached hydrogens (tertiary/aromatic N) is 2. The summed E-state index contributed by atoms with van der Waals surface area (Å²) < 4.78 is 0. The Kier molecular flexibility index (Phi) is 6.56. The van der Waals surface area contributed by atoms with Crippen LogP contribution in [0.25, 0.3) is 0 Å². The molecule has 1 aromatic carbocycles. The second kappa shape index (κ2) is 8.90. The zero-order valence-electron chi connectivity index (χ0n) is 13.4. The van der Waals surface area contributed by atoms with Crippen LogP contribution in [0.3, 0.4) is 0 Å². The van der Waals surface area contributed by atoms with Gasteiger partial charge in [0.05, 0.1) is 6.04 Å². The SMILES string of the molecule is CN(Cc1cccnc1)C(=O)NC(CCCO)c1ccccc1. The number of pyridine rings is 1. The number of rotatable bonds is 7. The number of amides is 2. The third kappa shape index (κ3) is 5.38. The van der Waals surface area contributed by atoms with Crippen molar-refractivity contribution < 1.29 is 9.90 Å². The van der Waals surface area contributed by atoms with Crippen molar-refractivity contribution in [3.05, 3.63) is 66.0 Å². The van der Waals surface area contributed by atoms with Crippen LogP contribution in [-0.2, 0) is 6.54 Å². The van der Waals surface area contributed by atoms with Gasteiger partial charge in [-0.2, -0.15) is 0 Å². The molecule has 1 atom stereocenters. The maximum atomic E-state index is 12.4. The third-order valence-electron chi connectivity index (χ3n) is 3.64. The lowest BCUT2D eigenvalue weighted by molar-refractivity contribution is 0.200. The van der Waals surface area contributed by atoms with Gasteiger partial charge in [0, 0.05) is 32.6 Å². The van der Waals surface area contributed by atoms with E-state index in [1.165, 1.54) is 0 Å². The molecule has 2 aromatic rings. The fraction of sp³-hybridized carbons (Fsp3) is 0.333. The van der Waals surface area contributed by atoms with Crippen molar-refractivity contribution in [1.29, 1.82) is 0 Å². The summed E-state index contributed by atoms with van der Waals surface area (Å²) in [6.07, 6.45) is 4.81. The van der Waals surface area contributed by atoms with Crippen molar-refractivity contribution in [1.82, 2.24) is 15.2 Å². The first-order valence-electron chi connectivity index (χ1n) is 7.77. The number of aliphatic hydroxyl groups excluding tert-OH is 1. The fourth-order valence-electron chi connectivity index (χ4n) is 2.40. The summed E-state index contributed by atoms with van der Waals surface area (Å²) in [6.45, 7) is 0.617. The first-order valence-corrected chi connectivity index (χ1v) is 7.77. The Balaban J connectivity index is 1.99. The maximum Gasteiger partial charge on any atom is 0.317 e. The number of hydrogen-bond donors (Lipinski definition) is 2. The van der Waals surface area contributed by atoms with Crippen LogP contribution < -0.4 is 5.32 Å². The highest BCUT2D eigenvalue weighted by atomic mass is 16.3. The summed E-state index contributed by atoms with van der Waals surface area (Å²) in [4.78, 5) is 18.1. The second-order valence-electron chi connectivity index (χ2n) is 5.50. The van der Waals surface area contributed by atoms with Crippen molar-refractivity contribution in [2.75, 3.05) is 13.7 Å². The van der Waals surface area contributed by atoms with Crippen LogP contribution in [0.5, 0.6) is 0 Å². The summed E-state index contributed by atoms with van der Waals surface area (Å²) >= 11 is 0. The van der Waals surface area contributed by atoms with Gasteiger partial charge in [-0.1, -0.05) is 36.4 Å². The highest BCUT2D eigenvalue weighted by Gasteiger charge is 2.17. The van der Waals surface area contributed by atoms with Gasteiger partial charge in [0.25, 0.3) is 0 Å². The molecule has 0 aliphatic heterocycles. The smallest absolute Gasteiger partial charge is 0.317 e. The van der Waals surface area contributed by atoms with Crippen LogP contribution in [0.2, 0.25) is 0 Å². The number of hydrogen-bond acceptors (Lipinski definition) is 3. The van der Waals surface area contributed by atoms with Crippen LogP contribution in [0.1, 0.15) is 30.0 Å². The van der Waals surface area contributed by atoms with Crippen LogP contribution in [0, 0.1) is 0 Å². The minimum absolute atomic E-state index is 0.104. The minimum atomic E-state index is -0.138. The number of urea groups is 1. The van der Waals surface area contributed by atoms with Crippen LogP contribution in [0.4, 0.5) is 4.79 Å². The van der Waals surface area contributed by atoms with E-state index in [4.69, 9.17) is 5.11 Å². The Bertz CT molecular complexity index is 590. The first kappa shape index (κ1) is 17.0. The summed E-state index contributed by atoms with van der Waals surface area (Å²) in [5, 5.41) is 12.1.